The number of halogens is 2. The van der Waals surface area contributed by atoms with Gasteiger partial charge in [0, 0.05) is 25.5 Å². The van der Waals surface area contributed by atoms with Crippen LogP contribution in [0.2, 0.25) is 0 Å². The summed E-state index contributed by atoms with van der Waals surface area (Å²) in [6.45, 7) is 8.35. The second-order valence-electron chi connectivity index (χ2n) is 7.11. The maximum Gasteiger partial charge on any atom is 3.00 e. The zero-order valence-electron chi connectivity index (χ0n) is 21.9. The Hall–Kier alpha value is -2.71. The normalized spacial score (nSPS) is 10.6. The third kappa shape index (κ3) is 16.9. The van der Waals surface area contributed by atoms with Gasteiger partial charge in [0.05, 0.1) is 18.6 Å². The summed E-state index contributed by atoms with van der Waals surface area (Å²) in [7, 11) is 0. The van der Waals surface area contributed by atoms with E-state index in [0.29, 0.717) is 55.4 Å². The summed E-state index contributed by atoms with van der Waals surface area (Å²) in [4.78, 5) is 18.5. The number of hydrogen-bond acceptors (Lipinski definition) is 8. The smallest absolute Gasteiger partial charge is 0.876 e. The van der Waals surface area contributed by atoms with E-state index in [1.807, 2.05) is 13.8 Å². The van der Waals surface area contributed by atoms with Crippen molar-refractivity contribution in [2.24, 2.45) is 9.98 Å². The van der Waals surface area contributed by atoms with Crippen LogP contribution in [-0.2, 0) is 21.9 Å². The molecule has 0 bridgehead atoms. The molecule has 0 aliphatic heterocycles. The largest absolute Gasteiger partial charge is 3.00 e. The van der Waals surface area contributed by atoms with Gasteiger partial charge in [-0.15, -0.1) is 29.0 Å². The van der Waals surface area contributed by atoms with Crippen molar-refractivity contribution in [3.63, 3.8) is 0 Å². The van der Waals surface area contributed by atoms with E-state index in [4.69, 9.17) is 32.7 Å². The van der Waals surface area contributed by atoms with E-state index < -0.39 is 0 Å². The van der Waals surface area contributed by atoms with E-state index in [1.54, 1.807) is 48.8 Å². The van der Waals surface area contributed by atoms with Gasteiger partial charge in [-0.05, 0) is 56.5 Å². The topological polar surface area (TPSA) is 129 Å². The number of benzene rings is 2. The monoisotopic (exact) mass is 606 g/mol. The van der Waals surface area contributed by atoms with E-state index in [-0.39, 0.29) is 45.4 Å². The number of carbonyl (C=O) groups excluding carboxylic acids is 1. The SMILES string of the molecule is CC(=O)/C=C(/C)[O-].CCOc1cccc(C=NCCCN=Cc2cccc(OCC)c2[O-])c1[O-].ClCCl.[Mn+3]. The van der Waals surface area contributed by atoms with E-state index in [2.05, 4.69) is 9.98 Å². The molecule has 11 heteroatoms. The molecule has 2 aromatic rings. The second-order valence-corrected chi connectivity index (χ2v) is 7.91. The predicted octanol–water partition coefficient (Wildman–Crippen LogP) is 3.82. The fourth-order valence-corrected chi connectivity index (χ4v) is 2.67. The average Bonchev–Trinajstić information content (AvgIpc) is 2.83. The Morgan fingerprint density at radius 1 is 0.868 bits per heavy atom. The summed E-state index contributed by atoms with van der Waals surface area (Å²) in [5, 5.41) is 34.4. The minimum atomic E-state index is -0.187. The fraction of sp³-hybridized carbons (Fsp3) is 0.370. The molecule has 38 heavy (non-hydrogen) atoms. The summed E-state index contributed by atoms with van der Waals surface area (Å²) >= 11 is 9.53. The number of ether oxygens (including phenoxy) is 2. The van der Waals surface area contributed by atoms with Crippen molar-refractivity contribution < 1.29 is 46.7 Å². The van der Waals surface area contributed by atoms with Crippen molar-refractivity contribution >= 4 is 41.4 Å². The Morgan fingerprint density at radius 2 is 1.26 bits per heavy atom. The molecule has 0 N–H and O–H groups in total. The van der Waals surface area contributed by atoms with Crippen LogP contribution in [0.4, 0.5) is 0 Å². The summed E-state index contributed by atoms with van der Waals surface area (Å²) < 4.78 is 10.6. The van der Waals surface area contributed by atoms with Crippen molar-refractivity contribution in [1.82, 2.24) is 0 Å². The molecule has 208 valence electrons. The Bertz CT molecular complexity index is 963. The summed E-state index contributed by atoms with van der Waals surface area (Å²) in [6.07, 6.45) is 4.90. The van der Waals surface area contributed by atoms with Gasteiger partial charge >= 0.3 is 17.1 Å². The van der Waals surface area contributed by atoms with Crippen LogP contribution >= 0.6 is 23.2 Å². The van der Waals surface area contributed by atoms with E-state index in [0.717, 1.165) is 6.08 Å². The van der Waals surface area contributed by atoms with Gasteiger partial charge in [0.1, 0.15) is 11.5 Å². The van der Waals surface area contributed by atoms with Crippen LogP contribution in [0.15, 0.2) is 58.2 Å². The zero-order valence-corrected chi connectivity index (χ0v) is 24.6. The molecule has 0 aliphatic carbocycles. The van der Waals surface area contributed by atoms with Crippen LogP contribution in [0.3, 0.4) is 0 Å². The molecular formula is C27H33Cl2MnN2O6. The Labute approximate surface area is 245 Å². The van der Waals surface area contributed by atoms with Gasteiger partial charge < -0.3 is 24.8 Å². The third-order valence-corrected chi connectivity index (χ3v) is 4.06. The second kappa shape index (κ2) is 23.4. The molecule has 0 amide bonds. The molecule has 0 aromatic heterocycles. The van der Waals surface area contributed by atoms with Gasteiger partial charge in [-0.1, -0.05) is 42.7 Å². The number of carbonyl (C=O) groups is 1. The molecule has 0 atom stereocenters. The first-order valence-electron chi connectivity index (χ1n) is 11.5. The maximum absolute atomic E-state index is 12.1. The van der Waals surface area contributed by atoms with Crippen molar-refractivity contribution in [2.45, 2.75) is 34.1 Å². The quantitative estimate of drug-likeness (QED) is 0.0954. The van der Waals surface area contributed by atoms with Crippen molar-refractivity contribution in [1.29, 1.82) is 0 Å². The van der Waals surface area contributed by atoms with Gasteiger partial charge in [-0.3, -0.25) is 14.8 Å². The number of aliphatic imine (C=N–C) groups is 2. The molecule has 0 heterocycles. The number of rotatable bonds is 11. The van der Waals surface area contributed by atoms with Gasteiger partial charge in [0.15, 0.2) is 5.78 Å². The third-order valence-electron chi connectivity index (χ3n) is 4.06. The number of allylic oxidation sites excluding steroid dienone is 2. The summed E-state index contributed by atoms with van der Waals surface area (Å²) in [5.41, 5.74) is 1.02. The van der Waals surface area contributed by atoms with Crippen molar-refractivity contribution in [2.75, 3.05) is 31.6 Å². The van der Waals surface area contributed by atoms with E-state index in [9.17, 15) is 20.1 Å². The summed E-state index contributed by atoms with van der Waals surface area (Å²) in [6, 6.07) is 10.3. The van der Waals surface area contributed by atoms with Crippen LogP contribution in [0.1, 0.15) is 45.2 Å². The first-order chi connectivity index (χ1) is 17.7. The molecule has 8 nitrogen and oxygen atoms in total. The maximum atomic E-state index is 12.1. The number of nitrogens with zero attached hydrogens (tertiary/aromatic N) is 2. The van der Waals surface area contributed by atoms with Crippen LogP contribution in [0.25, 0.3) is 0 Å². The minimum Gasteiger partial charge on any atom is -0.876 e. The van der Waals surface area contributed by atoms with Crippen molar-refractivity contribution in [3.8, 4) is 23.0 Å². The average molecular weight is 607 g/mol. The first-order valence-corrected chi connectivity index (χ1v) is 12.6. The molecule has 0 saturated carbocycles. The van der Waals surface area contributed by atoms with Crippen LogP contribution in [0, 0.1) is 0 Å². The van der Waals surface area contributed by atoms with E-state index in [1.165, 1.54) is 13.8 Å². The Kier molecular flexibility index (Phi) is 23.1. The Morgan fingerprint density at radius 3 is 1.55 bits per heavy atom. The van der Waals surface area contributed by atoms with E-state index >= 15 is 0 Å². The van der Waals surface area contributed by atoms with Gasteiger partial charge in [-0.25, -0.2) is 0 Å². The number of alkyl halides is 2. The van der Waals surface area contributed by atoms with Gasteiger partial charge in [0.25, 0.3) is 0 Å². The van der Waals surface area contributed by atoms with Gasteiger partial charge in [0.2, 0.25) is 0 Å². The molecular weight excluding hydrogens is 574 g/mol. The molecule has 2 rings (SSSR count). The number of para-hydroxylation sites is 2. The number of hydrogen-bond donors (Lipinski definition) is 0. The molecule has 0 saturated heterocycles. The van der Waals surface area contributed by atoms with Crippen LogP contribution in [-0.4, -0.2) is 49.9 Å². The number of ketones is 1. The molecule has 0 radical (unpaired) electrons. The fourth-order valence-electron chi connectivity index (χ4n) is 2.67. The molecule has 0 aliphatic rings. The summed E-state index contributed by atoms with van der Waals surface area (Å²) in [5.74, 6) is -0.000877. The molecule has 0 fully saturated rings. The van der Waals surface area contributed by atoms with Gasteiger partial charge in [-0.2, -0.15) is 0 Å². The molecule has 0 spiro atoms. The molecule has 0 unspecified atom stereocenters. The minimum absolute atomic E-state index is 0. The molecule has 2 aromatic carbocycles. The first kappa shape index (κ1) is 37.4. The Balaban J connectivity index is 0. The standard InChI is InChI=1S/C21H26N2O4.C5H8O2.CH2Cl2.Mn/c1-3-26-18-10-5-8-16(20(18)24)14-22-12-7-13-23-15-17-9-6-11-19(21(17)25)27-4-2;1-4(6)3-5(2)7;2-1-3;/h5-6,8-11,14-15,24-25H,3-4,7,12-13H2,1-2H3;3,6H,1-2H3;1H2;/q;;;+3/p-3/b;4-3-;;. The zero-order chi connectivity index (χ0) is 28.1. The van der Waals surface area contributed by atoms with Crippen LogP contribution in [0.5, 0.6) is 23.0 Å². The predicted molar refractivity (Wildman–Crippen MR) is 145 cm³/mol. The van der Waals surface area contributed by atoms with Crippen LogP contribution < -0.4 is 24.8 Å². The van der Waals surface area contributed by atoms with Crippen molar-refractivity contribution in [3.05, 3.63) is 59.4 Å².